The smallest absolute Gasteiger partial charge is 0.109 e. The summed E-state index contributed by atoms with van der Waals surface area (Å²) in [7, 11) is 1.74. The van der Waals surface area contributed by atoms with E-state index < -0.39 is 0 Å². The lowest BCUT2D eigenvalue weighted by Gasteiger charge is -1.82. The molecule has 0 amide bonds. The molecule has 4 nitrogen and oxygen atoms in total. The van der Waals surface area contributed by atoms with Crippen LogP contribution in [0.2, 0.25) is 0 Å². The van der Waals surface area contributed by atoms with Gasteiger partial charge in [-0.15, -0.1) is 0 Å². The van der Waals surface area contributed by atoms with Crippen molar-refractivity contribution in [2.45, 2.75) is 0 Å². The van der Waals surface area contributed by atoms with Crippen molar-refractivity contribution in [1.29, 1.82) is 0 Å². The molecule has 0 aliphatic heterocycles. The number of hydrazone groups is 1. The normalized spacial score (nSPS) is 9.00. The van der Waals surface area contributed by atoms with Crippen molar-refractivity contribution in [2.75, 3.05) is 7.05 Å². The lowest BCUT2D eigenvalue weighted by Crippen LogP contribution is -2.16. The molecule has 0 saturated carbocycles. The van der Waals surface area contributed by atoms with Crippen LogP contribution in [0, 0.1) is 0 Å². The van der Waals surface area contributed by atoms with E-state index >= 15 is 0 Å². The van der Waals surface area contributed by atoms with Gasteiger partial charge < -0.3 is 5.32 Å². The van der Waals surface area contributed by atoms with Crippen LogP contribution in [0.4, 0.5) is 0 Å². The third kappa shape index (κ3) is 3.23. The van der Waals surface area contributed by atoms with Gasteiger partial charge in [0, 0.05) is 7.05 Å². The van der Waals surface area contributed by atoms with Crippen molar-refractivity contribution in [2.24, 2.45) is 10.9 Å². The van der Waals surface area contributed by atoms with E-state index in [0.29, 0.717) is 0 Å². The van der Waals surface area contributed by atoms with E-state index in [0.717, 1.165) is 0 Å². The Morgan fingerprint density at radius 2 is 2.50 bits per heavy atom. The molecule has 0 bridgehead atoms. The highest BCUT2D eigenvalue weighted by molar-refractivity contribution is 5.52. The molecule has 6 heavy (non-hydrogen) atoms. The Morgan fingerprint density at radius 3 is 2.67 bits per heavy atom. The molecule has 0 rings (SSSR count). The lowest BCUT2D eigenvalue weighted by molar-refractivity contribution is 0.803. The molecule has 0 spiro atoms. The lowest BCUT2D eigenvalue weighted by atomic mass is 11.2. The third-order valence-corrected chi connectivity index (χ3v) is 0.268. The number of nitrogens with one attached hydrogen (secondary N) is 2. The molecule has 0 unspecified atom stereocenters. The van der Waals surface area contributed by atoms with Crippen molar-refractivity contribution in [1.82, 2.24) is 10.9 Å². The van der Waals surface area contributed by atoms with Crippen molar-refractivity contribution < 1.29 is 0 Å². The Kier molecular flexibility index (Phi) is 3.69. The average molecular weight is 88.1 g/mol. The molecule has 0 saturated heterocycles. The molecular weight excluding hydrogens is 80.0 g/mol. The second-order valence-corrected chi connectivity index (χ2v) is 0.676. The first-order valence-corrected chi connectivity index (χ1v) is 1.56. The van der Waals surface area contributed by atoms with Crippen LogP contribution < -0.4 is 16.7 Å². The molecule has 0 aromatic rings. The van der Waals surface area contributed by atoms with Gasteiger partial charge in [-0.2, -0.15) is 5.10 Å². The van der Waals surface area contributed by atoms with Crippen LogP contribution in [0.25, 0.3) is 0 Å². The summed E-state index contributed by atoms with van der Waals surface area (Å²) in [6.07, 6.45) is 1.44. The summed E-state index contributed by atoms with van der Waals surface area (Å²) in [5.41, 5.74) is 2.08. The Labute approximate surface area is 36.4 Å². The minimum absolute atomic E-state index is 1.44. The van der Waals surface area contributed by atoms with Gasteiger partial charge in [0.05, 0.1) is 0 Å². The van der Waals surface area contributed by atoms with Crippen LogP contribution in [0.15, 0.2) is 5.10 Å². The largest absolute Gasteiger partial charge is 0.378 e. The Morgan fingerprint density at radius 1 is 1.83 bits per heavy atom. The standard InChI is InChI=1S/C2H8N4/c1-4-2-5-6-3/h2,6H,3H2,1H3,(H,4,5). The minimum Gasteiger partial charge on any atom is -0.378 e. The fourth-order valence-electron chi connectivity index (χ4n) is 0.102. The van der Waals surface area contributed by atoms with Crippen LogP contribution in [-0.2, 0) is 0 Å². The van der Waals surface area contributed by atoms with E-state index in [2.05, 4.69) is 16.0 Å². The van der Waals surface area contributed by atoms with Gasteiger partial charge in [-0.25, -0.2) is 11.4 Å². The maximum atomic E-state index is 4.73. The topological polar surface area (TPSA) is 62.4 Å². The maximum Gasteiger partial charge on any atom is 0.109 e. The number of rotatable bonds is 2. The van der Waals surface area contributed by atoms with Crippen molar-refractivity contribution in [3.63, 3.8) is 0 Å². The van der Waals surface area contributed by atoms with Crippen LogP contribution in [0.1, 0.15) is 0 Å². The third-order valence-electron chi connectivity index (χ3n) is 0.268. The Balaban J connectivity index is 2.73. The van der Waals surface area contributed by atoms with Gasteiger partial charge in [0.25, 0.3) is 0 Å². The maximum absolute atomic E-state index is 4.73. The van der Waals surface area contributed by atoms with Gasteiger partial charge in [-0.05, 0) is 0 Å². The highest BCUT2D eigenvalue weighted by Gasteiger charge is 1.52. The van der Waals surface area contributed by atoms with Crippen molar-refractivity contribution in [3.05, 3.63) is 0 Å². The molecule has 4 heteroatoms. The van der Waals surface area contributed by atoms with E-state index in [9.17, 15) is 0 Å². The highest BCUT2D eigenvalue weighted by atomic mass is 15.5. The fraction of sp³-hybridized carbons (Fsp3) is 0.500. The summed E-state index contributed by atoms with van der Waals surface area (Å²) < 4.78 is 0. The average Bonchev–Trinajstić information content (AvgIpc) is 1.61. The number of hydrogen-bond acceptors (Lipinski definition) is 3. The molecule has 0 aliphatic rings. The van der Waals surface area contributed by atoms with Crippen LogP contribution in [0.5, 0.6) is 0 Å². The zero-order valence-electron chi connectivity index (χ0n) is 3.60. The summed E-state index contributed by atoms with van der Waals surface area (Å²) >= 11 is 0. The molecular formula is C2H8N4. The monoisotopic (exact) mass is 88.1 g/mol. The Hall–Kier alpha value is -0.770. The van der Waals surface area contributed by atoms with Gasteiger partial charge in [0.2, 0.25) is 0 Å². The first-order valence-electron chi connectivity index (χ1n) is 1.56. The zero-order valence-corrected chi connectivity index (χ0v) is 3.60. The molecule has 36 valence electrons. The SMILES string of the molecule is CN/C=N\NN. The summed E-state index contributed by atoms with van der Waals surface area (Å²) in [6, 6.07) is 0. The van der Waals surface area contributed by atoms with Gasteiger partial charge in [0.1, 0.15) is 6.34 Å². The summed E-state index contributed by atoms with van der Waals surface area (Å²) in [5, 5.41) is 6.02. The van der Waals surface area contributed by atoms with Crippen molar-refractivity contribution in [3.8, 4) is 0 Å². The van der Waals surface area contributed by atoms with E-state index in [1.165, 1.54) is 6.34 Å². The fourth-order valence-corrected chi connectivity index (χ4v) is 0.102. The molecule has 0 aliphatic carbocycles. The van der Waals surface area contributed by atoms with Crippen LogP contribution >= 0.6 is 0 Å². The number of hydrogen-bond donors (Lipinski definition) is 3. The molecule has 0 radical (unpaired) electrons. The summed E-state index contributed by atoms with van der Waals surface area (Å²) in [5.74, 6) is 4.73. The van der Waals surface area contributed by atoms with Crippen molar-refractivity contribution >= 4 is 6.34 Å². The Bertz CT molecular complexity index is 34.8. The van der Waals surface area contributed by atoms with Gasteiger partial charge in [-0.3, -0.25) is 0 Å². The number of nitrogens with two attached hydrogens (primary N) is 1. The van der Waals surface area contributed by atoms with E-state index in [-0.39, 0.29) is 0 Å². The molecule has 0 heterocycles. The minimum atomic E-state index is 1.44. The van der Waals surface area contributed by atoms with Gasteiger partial charge in [-0.1, -0.05) is 0 Å². The van der Waals surface area contributed by atoms with Crippen LogP contribution in [0.3, 0.4) is 0 Å². The summed E-state index contributed by atoms with van der Waals surface area (Å²) in [4.78, 5) is 0. The summed E-state index contributed by atoms with van der Waals surface area (Å²) in [6.45, 7) is 0. The molecule has 0 aromatic carbocycles. The predicted octanol–water partition coefficient (Wildman–Crippen LogP) is -1.39. The quantitative estimate of drug-likeness (QED) is 0.168. The van der Waals surface area contributed by atoms with E-state index in [1.54, 1.807) is 7.05 Å². The second-order valence-electron chi connectivity index (χ2n) is 0.676. The van der Waals surface area contributed by atoms with Crippen LogP contribution in [-0.4, -0.2) is 13.4 Å². The molecule has 4 N–H and O–H groups in total. The number of nitrogens with zero attached hydrogens (tertiary/aromatic N) is 1. The first kappa shape index (κ1) is 5.23. The number of hydrazine groups is 1. The zero-order chi connectivity index (χ0) is 4.83. The molecule has 0 fully saturated rings. The van der Waals surface area contributed by atoms with Gasteiger partial charge >= 0.3 is 0 Å². The molecule has 0 atom stereocenters. The van der Waals surface area contributed by atoms with E-state index in [1.807, 2.05) is 0 Å². The predicted molar refractivity (Wildman–Crippen MR) is 24.9 cm³/mol. The molecule has 0 aromatic heterocycles. The van der Waals surface area contributed by atoms with Gasteiger partial charge in [0.15, 0.2) is 0 Å². The highest BCUT2D eigenvalue weighted by Crippen LogP contribution is 1.35. The second kappa shape index (κ2) is 4.23. The van der Waals surface area contributed by atoms with E-state index in [4.69, 9.17) is 5.84 Å². The first-order chi connectivity index (χ1) is 2.91.